The van der Waals surface area contributed by atoms with E-state index in [4.69, 9.17) is 4.74 Å². The molecule has 1 fully saturated rings. The molecular formula is C22H27FN2O2. The lowest BCUT2D eigenvalue weighted by molar-refractivity contribution is -0.138. The van der Waals surface area contributed by atoms with Crippen molar-refractivity contribution < 1.29 is 13.9 Å². The number of aryl methyl sites for hydroxylation is 2. The molecule has 0 bridgehead atoms. The zero-order chi connectivity index (χ0) is 19.6. The number of amides is 1. The van der Waals surface area contributed by atoms with Crippen LogP contribution in [0.15, 0.2) is 36.4 Å². The summed E-state index contributed by atoms with van der Waals surface area (Å²) in [7, 11) is 0. The van der Waals surface area contributed by atoms with E-state index in [1.165, 1.54) is 12.1 Å². The van der Waals surface area contributed by atoms with Crippen molar-refractivity contribution in [1.82, 2.24) is 4.90 Å². The van der Waals surface area contributed by atoms with Crippen molar-refractivity contribution in [2.75, 3.05) is 31.1 Å². The standard InChI is InChI=1S/C22H27FN2O2/c1-15-13-16(2)17(3)21(14-15)27-18(4)22(26)25-11-9-24(10-12-25)20-7-5-19(23)6-8-20/h5-8,13-14,18H,9-12H2,1-4H3/t18-/m1/s1. The number of piperazine rings is 1. The molecule has 0 aliphatic carbocycles. The fraction of sp³-hybridized carbons (Fsp3) is 0.409. The Balaban J connectivity index is 1.59. The highest BCUT2D eigenvalue weighted by molar-refractivity contribution is 5.81. The number of hydrogen-bond donors (Lipinski definition) is 0. The minimum Gasteiger partial charge on any atom is -0.481 e. The van der Waals surface area contributed by atoms with E-state index in [9.17, 15) is 9.18 Å². The Morgan fingerprint density at radius 2 is 1.67 bits per heavy atom. The van der Waals surface area contributed by atoms with Crippen LogP contribution < -0.4 is 9.64 Å². The summed E-state index contributed by atoms with van der Waals surface area (Å²) in [6, 6.07) is 10.6. The summed E-state index contributed by atoms with van der Waals surface area (Å²) in [4.78, 5) is 16.8. The minimum absolute atomic E-state index is 0.00677. The number of benzene rings is 2. The van der Waals surface area contributed by atoms with Crippen LogP contribution in [0.25, 0.3) is 0 Å². The van der Waals surface area contributed by atoms with Crippen LogP contribution in [0.3, 0.4) is 0 Å². The van der Waals surface area contributed by atoms with E-state index < -0.39 is 6.10 Å². The number of nitrogens with zero attached hydrogens (tertiary/aromatic N) is 2. The Morgan fingerprint density at radius 3 is 2.30 bits per heavy atom. The Bertz CT molecular complexity index is 812. The number of halogens is 1. The highest BCUT2D eigenvalue weighted by atomic mass is 19.1. The second-order valence-electron chi connectivity index (χ2n) is 7.25. The first-order valence-corrected chi connectivity index (χ1v) is 9.39. The van der Waals surface area contributed by atoms with E-state index in [1.807, 2.05) is 31.7 Å². The fourth-order valence-electron chi connectivity index (χ4n) is 3.46. The first kappa shape index (κ1) is 19.2. The van der Waals surface area contributed by atoms with Gasteiger partial charge in [0.15, 0.2) is 6.10 Å². The van der Waals surface area contributed by atoms with Gasteiger partial charge in [-0.1, -0.05) is 6.07 Å². The van der Waals surface area contributed by atoms with Gasteiger partial charge >= 0.3 is 0 Å². The zero-order valence-corrected chi connectivity index (χ0v) is 16.5. The molecule has 3 rings (SSSR count). The Labute approximate surface area is 160 Å². The average Bonchev–Trinajstić information content (AvgIpc) is 2.66. The van der Waals surface area contributed by atoms with Gasteiger partial charge in [0.1, 0.15) is 11.6 Å². The number of anilines is 1. The molecule has 144 valence electrons. The summed E-state index contributed by atoms with van der Waals surface area (Å²) in [6.45, 7) is 10.6. The van der Waals surface area contributed by atoms with Gasteiger partial charge in [0, 0.05) is 31.9 Å². The lowest BCUT2D eigenvalue weighted by Gasteiger charge is -2.37. The normalized spacial score (nSPS) is 15.6. The molecule has 0 radical (unpaired) electrons. The Morgan fingerprint density at radius 1 is 1.04 bits per heavy atom. The predicted molar refractivity (Wildman–Crippen MR) is 106 cm³/mol. The predicted octanol–water partition coefficient (Wildman–Crippen LogP) is 3.87. The van der Waals surface area contributed by atoms with E-state index in [0.717, 1.165) is 41.2 Å². The maximum atomic E-state index is 13.1. The molecule has 5 heteroatoms. The third kappa shape index (κ3) is 4.41. The molecule has 1 amide bonds. The summed E-state index contributed by atoms with van der Waals surface area (Å²) < 4.78 is 19.1. The van der Waals surface area contributed by atoms with Crippen LogP contribution in [-0.2, 0) is 4.79 Å². The van der Waals surface area contributed by atoms with E-state index in [1.54, 1.807) is 12.1 Å². The summed E-state index contributed by atoms with van der Waals surface area (Å²) in [5.41, 5.74) is 4.35. The first-order chi connectivity index (χ1) is 12.8. The first-order valence-electron chi connectivity index (χ1n) is 9.39. The van der Waals surface area contributed by atoms with Gasteiger partial charge in [-0.25, -0.2) is 4.39 Å². The van der Waals surface area contributed by atoms with Gasteiger partial charge in [0.05, 0.1) is 0 Å². The van der Waals surface area contributed by atoms with Crippen LogP contribution in [0, 0.1) is 26.6 Å². The molecule has 0 aromatic heterocycles. The number of ether oxygens (including phenoxy) is 1. The highest BCUT2D eigenvalue weighted by Crippen LogP contribution is 2.25. The molecule has 1 heterocycles. The molecule has 1 atom stereocenters. The van der Waals surface area contributed by atoms with Gasteiger partial charge in [-0.15, -0.1) is 0 Å². The van der Waals surface area contributed by atoms with Gasteiger partial charge in [0.25, 0.3) is 5.91 Å². The second kappa shape index (κ2) is 7.99. The molecule has 2 aromatic rings. The van der Waals surface area contributed by atoms with Crippen LogP contribution in [0.1, 0.15) is 23.6 Å². The fourth-order valence-corrected chi connectivity index (χ4v) is 3.46. The van der Waals surface area contributed by atoms with E-state index in [-0.39, 0.29) is 11.7 Å². The van der Waals surface area contributed by atoms with Crippen molar-refractivity contribution in [2.45, 2.75) is 33.8 Å². The Kier molecular flexibility index (Phi) is 5.68. The van der Waals surface area contributed by atoms with E-state index in [0.29, 0.717) is 13.1 Å². The summed E-state index contributed by atoms with van der Waals surface area (Å²) in [5, 5.41) is 0. The van der Waals surface area contributed by atoms with Crippen LogP contribution >= 0.6 is 0 Å². The molecular weight excluding hydrogens is 343 g/mol. The second-order valence-corrected chi connectivity index (χ2v) is 7.25. The molecule has 0 N–H and O–H groups in total. The largest absolute Gasteiger partial charge is 0.481 e. The maximum absolute atomic E-state index is 13.1. The van der Waals surface area contributed by atoms with Gasteiger partial charge in [-0.05, 0) is 74.7 Å². The molecule has 1 saturated heterocycles. The van der Waals surface area contributed by atoms with Gasteiger partial charge in [-0.3, -0.25) is 4.79 Å². The molecule has 2 aromatic carbocycles. The third-order valence-electron chi connectivity index (χ3n) is 5.20. The van der Waals surface area contributed by atoms with Crippen molar-refractivity contribution in [2.24, 2.45) is 0 Å². The van der Waals surface area contributed by atoms with Crippen molar-refractivity contribution in [1.29, 1.82) is 0 Å². The number of carbonyl (C=O) groups excluding carboxylic acids is 1. The molecule has 0 unspecified atom stereocenters. The van der Waals surface area contributed by atoms with Crippen molar-refractivity contribution in [3.05, 3.63) is 58.9 Å². The van der Waals surface area contributed by atoms with Crippen molar-refractivity contribution in [3.63, 3.8) is 0 Å². The molecule has 0 spiro atoms. The number of hydrogen-bond acceptors (Lipinski definition) is 3. The minimum atomic E-state index is -0.526. The van der Waals surface area contributed by atoms with E-state index >= 15 is 0 Å². The molecule has 4 nitrogen and oxygen atoms in total. The summed E-state index contributed by atoms with van der Waals surface area (Å²) in [6.07, 6.45) is -0.526. The summed E-state index contributed by atoms with van der Waals surface area (Å²) >= 11 is 0. The smallest absolute Gasteiger partial charge is 0.263 e. The highest BCUT2D eigenvalue weighted by Gasteiger charge is 2.26. The molecule has 1 aliphatic rings. The lowest BCUT2D eigenvalue weighted by atomic mass is 10.1. The van der Waals surface area contributed by atoms with Crippen LogP contribution in [0.2, 0.25) is 0 Å². The lowest BCUT2D eigenvalue weighted by Crippen LogP contribution is -2.52. The SMILES string of the molecule is Cc1cc(C)c(C)c(O[C@H](C)C(=O)N2CCN(c3ccc(F)cc3)CC2)c1. The van der Waals surface area contributed by atoms with Gasteiger partial charge in [-0.2, -0.15) is 0 Å². The van der Waals surface area contributed by atoms with Crippen molar-refractivity contribution in [3.8, 4) is 5.75 Å². The Hall–Kier alpha value is -2.56. The number of carbonyl (C=O) groups is 1. The van der Waals surface area contributed by atoms with Crippen LogP contribution in [0.4, 0.5) is 10.1 Å². The van der Waals surface area contributed by atoms with Gasteiger partial charge < -0.3 is 14.5 Å². The third-order valence-corrected chi connectivity index (χ3v) is 5.20. The number of rotatable bonds is 4. The monoisotopic (exact) mass is 370 g/mol. The quantitative estimate of drug-likeness (QED) is 0.819. The maximum Gasteiger partial charge on any atom is 0.263 e. The average molecular weight is 370 g/mol. The van der Waals surface area contributed by atoms with Crippen LogP contribution in [-0.4, -0.2) is 43.1 Å². The topological polar surface area (TPSA) is 32.8 Å². The molecule has 27 heavy (non-hydrogen) atoms. The molecule has 1 aliphatic heterocycles. The van der Waals surface area contributed by atoms with Gasteiger partial charge in [0.2, 0.25) is 0 Å². The zero-order valence-electron chi connectivity index (χ0n) is 16.5. The molecule has 0 saturated carbocycles. The van der Waals surface area contributed by atoms with Crippen LogP contribution in [0.5, 0.6) is 5.75 Å². The van der Waals surface area contributed by atoms with E-state index in [2.05, 4.69) is 17.9 Å². The summed E-state index contributed by atoms with van der Waals surface area (Å²) in [5.74, 6) is 0.547. The van der Waals surface area contributed by atoms with Crippen molar-refractivity contribution >= 4 is 11.6 Å².